The first-order valence-corrected chi connectivity index (χ1v) is 9.16. The van der Waals surface area contributed by atoms with E-state index in [2.05, 4.69) is 24.0 Å². The Hall–Kier alpha value is -1.85. The molecule has 5 rings (SSSR count). The summed E-state index contributed by atoms with van der Waals surface area (Å²) in [5.41, 5.74) is 2.49. The molecule has 1 aromatic rings. The number of nitrogens with zero attached hydrogens (tertiary/aromatic N) is 2. The second-order valence-electron chi connectivity index (χ2n) is 7.80. The third-order valence-corrected chi connectivity index (χ3v) is 7.24. The van der Waals surface area contributed by atoms with Gasteiger partial charge < -0.3 is 9.84 Å². The molecule has 1 saturated carbocycles. The molecular formula is C20H24N2O3. The molecule has 3 heterocycles. The average molecular weight is 340 g/mol. The highest BCUT2D eigenvalue weighted by Crippen LogP contribution is 2.67. The van der Waals surface area contributed by atoms with Gasteiger partial charge in [-0.3, -0.25) is 9.80 Å². The van der Waals surface area contributed by atoms with Crippen LogP contribution >= 0.6 is 0 Å². The normalized spacial score (nSPS) is 40.1. The number of allylic oxidation sites excluding steroid dienone is 1. The highest BCUT2D eigenvalue weighted by Gasteiger charge is 2.75. The first-order chi connectivity index (χ1) is 12.1. The van der Waals surface area contributed by atoms with Crippen LogP contribution in [0.2, 0.25) is 0 Å². The Morgan fingerprint density at radius 3 is 2.96 bits per heavy atom. The Balaban J connectivity index is 1.81. The number of benzene rings is 1. The Labute approximate surface area is 147 Å². The summed E-state index contributed by atoms with van der Waals surface area (Å²) in [6.07, 6.45) is 3.94. The molecule has 3 aliphatic heterocycles. The Bertz CT molecular complexity index is 791. The summed E-state index contributed by atoms with van der Waals surface area (Å²) in [5, 5.41) is 11.4. The van der Waals surface area contributed by atoms with E-state index in [1.165, 1.54) is 12.7 Å². The molecule has 0 unspecified atom stereocenters. The molecule has 1 spiro atoms. The number of hydrogen-bond donors (Lipinski definition) is 1. The standard InChI is InChI=1S/C20H24N2O3/c1-3-13-12-21-9-8-19-15-6-4-5-7-16(15)22(18(24)25-2)20(19,21)11-14(13)10-17(19)23/h3-7,14,17,23H,8-12H2,1-2H3/b13-3-/t14-,17+,19-,20+/m1/s1. The summed E-state index contributed by atoms with van der Waals surface area (Å²) in [6, 6.07) is 8.08. The number of methoxy groups -OCH3 is 1. The van der Waals surface area contributed by atoms with Gasteiger partial charge in [0.2, 0.25) is 0 Å². The maximum absolute atomic E-state index is 12.9. The molecule has 0 aromatic heterocycles. The predicted molar refractivity (Wildman–Crippen MR) is 94.4 cm³/mol. The van der Waals surface area contributed by atoms with Gasteiger partial charge in [-0.15, -0.1) is 0 Å². The van der Waals surface area contributed by atoms with E-state index < -0.39 is 17.2 Å². The number of amides is 1. The molecule has 3 fully saturated rings. The molecule has 2 saturated heterocycles. The molecule has 4 aliphatic rings. The summed E-state index contributed by atoms with van der Waals surface area (Å²) in [6.45, 7) is 3.85. The Morgan fingerprint density at radius 1 is 1.40 bits per heavy atom. The average Bonchev–Trinajstić information content (AvgIpc) is 3.10. The van der Waals surface area contributed by atoms with Crippen LogP contribution in [-0.2, 0) is 10.2 Å². The number of rotatable bonds is 0. The fourth-order valence-corrected chi connectivity index (χ4v) is 6.34. The van der Waals surface area contributed by atoms with Crippen molar-refractivity contribution in [1.82, 2.24) is 4.90 Å². The molecule has 1 N–H and O–H groups in total. The van der Waals surface area contributed by atoms with Crippen molar-refractivity contribution in [1.29, 1.82) is 0 Å². The number of fused-ring (bicyclic) bond motifs is 2. The van der Waals surface area contributed by atoms with Crippen molar-refractivity contribution >= 4 is 11.8 Å². The van der Waals surface area contributed by atoms with Crippen LogP contribution in [0.4, 0.5) is 10.5 Å². The number of aliphatic hydroxyl groups excluding tert-OH is 1. The maximum Gasteiger partial charge on any atom is 0.415 e. The van der Waals surface area contributed by atoms with Crippen LogP contribution < -0.4 is 4.90 Å². The van der Waals surface area contributed by atoms with E-state index in [9.17, 15) is 9.90 Å². The van der Waals surface area contributed by atoms with E-state index >= 15 is 0 Å². The molecule has 2 bridgehead atoms. The molecule has 5 heteroatoms. The molecule has 25 heavy (non-hydrogen) atoms. The van der Waals surface area contributed by atoms with Gasteiger partial charge in [-0.25, -0.2) is 4.79 Å². The lowest BCUT2D eigenvalue weighted by Gasteiger charge is -2.59. The van der Waals surface area contributed by atoms with Crippen molar-refractivity contribution in [3.05, 3.63) is 41.5 Å². The van der Waals surface area contributed by atoms with Gasteiger partial charge >= 0.3 is 6.09 Å². The molecule has 0 radical (unpaired) electrons. The van der Waals surface area contributed by atoms with Gasteiger partial charge in [-0.05, 0) is 43.7 Å². The molecule has 5 nitrogen and oxygen atoms in total. The van der Waals surface area contributed by atoms with Gasteiger partial charge in [0.15, 0.2) is 0 Å². The lowest BCUT2D eigenvalue weighted by Crippen LogP contribution is -2.73. The number of aliphatic hydroxyl groups is 1. The predicted octanol–water partition coefficient (Wildman–Crippen LogP) is 2.64. The first-order valence-electron chi connectivity index (χ1n) is 9.16. The van der Waals surface area contributed by atoms with E-state index in [4.69, 9.17) is 4.74 Å². The number of ether oxygens (including phenoxy) is 1. The van der Waals surface area contributed by atoms with Gasteiger partial charge in [-0.1, -0.05) is 29.8 Å². The third-order valence-electron chi connectivity index (χ3n) is 7.24. The van der Waals surface area contributed by atoms with Crippen molar-refractivity contribution in [3.8, 4) is 0 Å². The lowest BCUT2D eigenvalue weighted by molar-refractivity contribution is -0.0664. The molecule has 4 atom stereocenters. The van der Waals surface area contributed by atoms with Crippen LogP contribution in [0.3, 0.4) is 0 Å². The third kappa shape index (κ3) is 1.51. The number of piperidine rings is 1. The summed E-state index contributed by atoms with van der Waals surface area (Å²) in [4.78, 5) is 17.2. The van der Waals surface area contributed by atoms with Crippen LogP contribution in [0.1, 0.15) is 31.7 Å². The van der Waals surface area contributed by atoms with E-state index in [0.29, 0.717) is 5.92 Å². The minimum Gasteiger partial charge on any atom is -0.452 e. The lowest BCUT2D eigenvalue weighted by atomic mass is 9.57. The summed E-state index contributed by atoms with van der Waals surface area (Å²) < 4.78 is 5.20. The van der Waals surface area contributed by atoms with Gasteiger partial charge in [0.25, 0.3) is 0 Å². The largest absolute Gasteiger partial charge is 0.452 e. The zero-order valence-electron chi connectivity index (χ0n) is 14.7. The second-order valence-corrected chi connectivity index (χ2v) is 7.80. The summed E-state index contributed by atoms with van der Waals surface area (Å²) >= 11 is 0. The van der Waals surface area contributed by atoms with E-state index in [1.54, 1.807) is 0 Å². The topological polar surface area (TPSA) is 53.0 Å². The zero-order chi connectivity index (χ0) is 17.4. The van der Waals surface area contributed by atoms with Gasteiger partial charge in [0.05, 0.1) is 24.3 Å². The highest BCUT2D eigenvalue weighted by atomic mass is 16.5. The molecular weight excluding hydrogens is 316 g/mol. The number of anilines is 1. The minimum absolute atomic E-state index is 0.321. The van der Waals surface area contributed by atoms with E-state index in [1.807, 2.05) is 23.1 Å². The number of hydrogen-bond acceptors (Lipinski definition) is 4. The Kier molecular flexibility index (Phi) is 3.00. The van der Waals surface area contributed by atoms with E-state index in [0.717, 1.165) is 43.6 Å². The SMILES string of the molecule is C/C=C1/CN2CC[C@]34c5ccccc5N(C(=O)OC)[C@]23C[C@H]1C[C@@H]4O. The smallest absolute Gasteiger partial charge is 0.415 e. The van der Waals surface area contributed by atoms with Crippen LogP contribution in [0, 0.1) is 5.92 Å². The fourth-order valence-electron chi connectivity index (χ4n) is 6.34. The zero-order valence-corrected chi connectivity index (χ0v) is 14.7. The van der Waals surface area contributed by atoms with Crippen LogP contribution in [-0.4, -0.2) is 48.1 Å². The summed E-state index contributed by atoms with van der Waals surface area (Å²) in [7, 11) is 1.45. The first kappa shape index (κ1) is 15.4. The van der Waals surface area contributed by atoms with Crippen molar-refractivity contribution in [2.75, 3.05) is 25.1 Å². The number of para-hydroxylation sites is 1. The summed E-state index contributed by atoms with van der Waals surface area (Å²) in [5.74, 6) is 0.323. The Morgan fingerprint density at radius 2 is 2.20 bits per heavy atom. The van der Waals surface area contributed by atoms with Crippen molar-refractivity contribution < 1.29 is 14.6 Å². The van der Waals surface area contributed by atoms with Crippen LogP contribution in [0.25, 0.3) is 0 Å². The maximum atomic E-state index is 12.9. The number of carbonyl (C=O) groups is 1. The monoisotopic (exact) mass is 340 g/mol. The van der Waals surface area contributed by atoms with Crippen molar-refractivity contribution in [2.24, 2.45) is 5.92 Å². The van der Waals surface area contributed by atoms with Gasteiger partial charge in [0, 0.05) is 13.1 Å². The number of carbonyl (C=O) groups excluding carboxylic acids is 1. The highest BCUT2D eigenvalue weighted by molar-refractivity contribution is 5.94. The van der Waals surface area contributed by atoms with Gasteiger partial charge in [-0.2, -0.15) is 0 Å². The molecule has 1 aliphatic carbocycles. The second kappa shape index (κ2) is 4.86. The van der Waals surface area contributed by atoms with Crippen molar-refractivity contribution in [3.63, 3.8) is 0 Å². The minimum atomic E-state index is -0.501. The van der Waals surface area contributed by atoms with Crippen LogP contribution in [0.5, 0.6) is 0 Å². The van der Waals surface area contributed by atoms with Crippen LogP contribution in [0.15, 0.2) is 35.9 Å². The molecule has 1 aromatic carbocycles. The molecule has 1 amide bonds. The fraction of sp³-hybridized carbons (Fsp3) is 0.550. The van der Waals surface area contributed by atoms with Crippen molar-refractivity contribution in [2.45, 2.75) is 43.4 Å². The van der Waals surface area contributed by atoms with Gasteiger partial charge in [0.1, 0.15) is 5.66 Å². The quantitative estimate of drug-likeness (QED) is 0.738. The van der Waals surface area contributed by atoms with E-state index in [-0.39, 0.29) is 6.09 Å². The molecule has 132 valence electrons.